The molecule has 0 aliphatic heterocycles. The fraction of sp³-hybridized carbons (Fsp3) is 0.154. The third kappa shape index (κ3) is 3.14. The SMILES string of the molecule is COC(=O)c1occc1CNc1ccc(F)c(Br)c1. The van der Waals surface area contributed by atoms with Gasteiger partial charge >= 0.3 is 5.97 Å². The Morgan fingerprint density at radius 3 is 2.95 bits per heavy atom. The lowest BCUT2D eigenvalue weighted by molar-refractivity contribution is 0.0563. The van der Waals surface area contributed by atoms with Crippen LogP contribution in [-0.2, 0) is 11.3 Å². The van der Waals surface area contributed by atoms with Gasteiger partial charge in [0.1, 0.15) is 5.82 Å². The van der Waals surface area contributed by atoms with Gasteiger partial charge in [-0.15, -0.1) is 0 Å². The Hall–Kier alpha value is -1.82. The molecule has 100 valence electrons. The summed E-state index contributed by atoms with van der Waals surface area (Å²) in [4.78, 5) is 11.4. The van der Waals surface area contributed by atoms with Crippen LogP contribution in [0.2, 0.25) is 0 Å². The van der Waals surface area contributed by atoms with Gasteiger partial charge in [0.15, 0.2) is 0 Å². The Kier molecular flexibility index (Phi) is 4.21. The van der Waals surface area contributed by atoms with Crippen LogP contribution in [0.15, 0.2) is 39.4 Å². The molecule has 0 radical (unpaired) electrons. The van der Waals surface area contributed by atoms with Gasteiger partial charge in [0.05, 0.1) is 17.8 Å². The topological polar surface area (TPSA) is 51.5 Å². The molecule has 0 fully saturated rings. The predicted molar refractivity (Wildman–Crippen MR) is 71.5 cm³/mol. The third-order valence-electron chi connectivity index (χ3n) is 2.52. The van der Waals surface area contributed by atoms with Crippen LogP contribution >= 0.6 is 15.9 Å². The summed E-state index contributed by atoms with van der Waals surface area (Å²) in [5.41, 5.74) is 1.40. The summed E-state index contributed by atoms with van der Waals surface area (Å²) in [5.74, 6) is -0.692. The van der Waals surface area contributed by atoms with E-state index >= 15 is 0 Å². The molecular formula is C13H11BrFNO3. The summed E-state index contributed by atoms with van der Waals surface area (Å²) >= 11 is 3.11. The maximum absolute atomic E-state index is 13.1. The van der Waals surface area contributed by atoms with Crippen LogP contribution in [0.1, 0.15) is 16.1 Å². The molecule has 0 saturated heterocycles. The molecule has 0 saturated carbocycles. The van der Waals surface area contributed by atoms with Crippen molar-refractivity contribution in [1.29, 1.82) is 0 Å². The van der Waals surface area contributed by atoms with E-state index in [-0.39, 0.29) is 11.6 Å². The van der Waals surface area contributed by atoms with E-state index in [0.29, 0.717) is 16.6 Å². The normalized spacial score (nSPS) is 10.3. The van der Waals surface area contributed by atoms with E-state index in [1.807, 2.05) is 0 Å². The molecular weight excluding hydrogens is 317 g/mol. The van der Waals surface area contributed by atoms with E-state index in [9.17, 15) is 9.18 Å². The number of rotatable bonds is 4. The number of anilines is 1. The molecule has 0 atom stereocenters. The number of halogens is 2. The van der Waals surface area contributed by atoms with Gasteiger partial charge in [-0.3, -0.25) is 0 Å². The number of hydrogen-bond acceptors (Lipinski definition) is 4. The van der Waals surface area contributed by atoms with Gasteiger partial charge in [-0.25, -0.2) is 9.18 Å². The van der Waals surface area contributed by atoms with Gasteiger partial charge in [-0.1, -0.05) is 0 Å². The number of methoxy groups -OCH3 is 1. The first-order valence-corrected chi connectivity index (χ1v) is 6.24. The van der Waals surface area contributed by atoms with E-state index in [0.717, 1.165) is 5.69 Å². The molecule has 0 bridgehead atoms. The Morgan fingerprint density at radius 2 is 2.26 bits per heavy atom. The smallest absolute Gasteiger partial charge is 0.374 e. The van der Waals surface area contributed by atoms with E-state index < -0.39 is 5.97 Å². The number of carbonyl (C=O) groups is 1. The van der Waals surface area contributed by atoms with Gasteiger partial charge in [-0.2, -0.15) is 0 Å². The molecule has 6 heteroatoms. The second kappa shape index (κ2) is 5.88. The zero-order chi connectivity index (χ0) is 13.8. The maximum atomic E-state index is 13.1. The molecule has 1 aromatic heterocycles. The molecule has 0 aliphatic rings. The van der Waals surface area contributed by atoms with Gasteiger partial charge in [0.25, 0.3) is 0 Å². The highest BCUT2D eigenvalue weighted by atomic mass is 79.9. The summed E-state index contributed by atoms with van der Waals surface area (Å²) < 4.78 is 23.1. The highest BCUT2D eigenvalue weighted by molar-refractivity contribution is 9.10. The quantitative estimate of drug-likeness (QED) is 0.872. The number of hydrogen-bond donors (Lipinski definition) is 1. The first-order valence-electron chi connectivity index (χ1n) is 5.45. The fourth-order valence-corrected chi connectivity index (χ4v) is 1.93. The van der Waals surface area contributed by atoms with Gasteiger partial charge in [0, 0.05) is 17.8 Å². The molecule has 0 unspecified atom stereocenters. The number of furan rings is 1. The second-order valence-corrected chi connectivity index (χ2v) is 4.60. The number of benzene rings is 1. The van der Waals surface area contributed by atoms with E-state index in [1.165, 1.54) is 19.4 Å². The lowest BCUT2D eigenvalue weighted by atomic mass is 10.2. The van der Waals surface area contributed by atoms with Crippen molar-refractivity contribution in [2.24, 2.45) is 0 Å². The van der Waals surface area contributed by atoms with Crippen molar-refractivity contribution in [1.82, 2.24) is 0 Å². The van der Waals surface area contributed by atoms with Crippen LogP contribution in [0.4, 0.5) is 10.1 Å². The Bertz CT molecular complexity index is 597. The summed E-state index contributed by atoms with van der Waals surface area (Å²) in [7, 11) is 1.29. The Morgan fingerprint density at radius 1 is 1.47 bits per heavy atom. The van der Waals surface area contributed by atoms with E-state index in [4.69, 9.17) is 4.42 Å². The van der Waals surface area contributed by atoms with Crippen LogP contribution in [0.25, 0.3) is 0 Å². The number of esters is 1. The third-order valence-corrected chi connectivity index (χ3v) is 3.13. The summed E-state index contributed by atoms with van der Waals surface area (Å²) in [6, 6.07) is 6.26. The zero-order valence-electron chi connectivity index (χ0n) is 10.1. The van der Waals surface area contributed by atoms with Crippen molar-refractivity contribution in [2.75, 3.05) is 12.4 Å². The summed E-state index contributed by atoms with van der Waals surface area (Å²) in [6.45, 7) is 0.374. The molecule has 0 spiro atoms. The number of ether oxygens (including phenoxy) is 1. The van der Waals surface area contributed by atoms with Crippen molar-refractivity contribution < 1.29 is 18.3 Å². The first kappa shape index (κ1) is 13.6. The van der Waals surface area contributed by atoms with E-state index in [2.05, 4.69) is 26.0 Å². The summed E-state index contributed by atoms with van der Waals surface area (Å²) in [6.07, 6.45) is 1.42. The average Bonchev–Trinajstić information content (AvgIpc) is 2.87. The van der Waals surface area contributed by atoms with E-state index in [1.54, 1.807) is 18.2 Å². The molecule has 2 rings (SSSR count). The van der Waals surface area contributed by atoms with Crippen LogP contribution in [0, 0.1) is 5.82 Å². The molecule has 2 aromatic rings. The van der Waals surface area contributed by atoms with Gasteiger partial charge < -0.3 is 14.5 Å². The van der Waals surface area contributed by atoms with Crippen molar-refractivity contribution in [3.63, 3.8) is 0 Å². The molecule has 1 N–H and O–H groups in total. The zero-order valence-corrected chi connectivity index (χ0v) is 11.7. The predicted octanol–water partition coefficient (Wildman–Crippen LogP) is 3.58. The van der Waals surface area contributed by atoms with Crippen molar-refractivity contribution in [2.45, 2.75) is 6.54 Å². The minimum absolute atomic E-state index is 0.163. The lowest BCUT2D eigenvalue weighted by Crippen LogP contribution is -2.06. The largest absolute Gasteiger partial charge is 0.463 e. The number of nitrogens with one attached hydrogen (secondary N) is 1. The first-order chi connectivity index (χ1) is 9.11. The van der Waals surface area contributed by atoms with Gasteiger partial charge in [-0.05, 0) is 40.2 Å². The molecule has 4 nitrogen and oxygen atoms in total. The van der Waals surface area contributed by atoms with Crippen molar-refractivity contribution in [3.05, 3.63) is 52.1 Å². The highest BCUT2D eigenvalue weighted by Crippen LogP contribution is 2.21. The number of carbonyl (C=O) groups excluding carboxylic acids is 1. The summed E-state index contributed by atoms with van der Waals surface area (Å²) in [5, 5.41) is 3.07. The lowest BCUT2D eigenvalue weighted by Gasteiger charge is -2.07. The van der Waals surface area contributed by atoms with Gasteiger partial charge in [0.2, 0.25) is 5.76 Å². The standard InChI is InChI=1S/C13H11BrFNO3/c1-18-13(17)12-8(4-5-19-12)7-16-9-2-3-11(15)10(14)6-9/h2-6,16H,7H2,1H3. The fourth-order valence-electron chi connectivity index (χ4n) is 1.55. The minimum atomic E-state index is -0.526. The Labute approximate surface area is 117 Å². The maximum Gasteiger partial charge on any atom is 0.374 e. The molecule has 19 heavy (non-hydrogen) atoms. The van der Waals surface area contributed by atoms with Crippen LogP contribution in [0.3, 0.4) is 0 Å². The monoisotopic (exact) mass is 327 g/mol. The molecule has 0 amide bonds. The van der Waals surface area contributed by atoms with Crippen LogP contribution in [0.5, 0.6) is 0 Å². The van der Waals surface area contributed by atoms with Crippen molar-refractivity contribution in [3.8, 4) is 0 Å². The second-order valence-electron chi connectivity index (χ2n) is 3.75. The van der Waals surface area contributed by atoms with Crippen LogP contribution in [-0.4, -0.2) is 13.1 Å². The van der Waals surface area contributed by atoms with Crippen molar-refractivity contribution >= 4 is 27.6 Å². The Balaban J connectivity index is 2.08. The molecule has 0 aliphatic carbocycles. The molecule has 1 heterocycles. The average molecular weight is 328 g/mol. The minimum Gasteiger partial charge on any atom is -0.463 e. The molecule has 1 aromatic carbocycles. The van der Waals surface area contributed by atoms with Crippen LogP contribution < -0.4 is 5.32 Å². The highest BCUT2D eigenvalue weighted by Gasteiger charge is 2.15.